The third-order valence-electron chi connectivity index (χ3n) is 3.91. The molecule has 0 saturated heterocycles. The third-order valence-corrected chi connectivity index (χ3v) is 6.39. The van der Waals surface area contributed by atoms with Crippen molar-refractivity contribution in [2.45, 2.75) is 18.4 Å². The van der Waals surface area contributed by atoms with Gasteiger partial charge in [0.2, 0.25) is 15.8 Å². The quantitative estimate of drug-likeness (QED) is 0.615. The normalized spacial score (nSPS) is 11.3. The van der Waals surface area contributed by atoms with E-state index in [2.05, 4.69) is 4.72 Å². The van der Waals surface area contributed by atoms with E-state index < -0.39 is 10.0 Å². The molecule has 7 heteroatoms. The maximum absolute atomic E-state index is 12.5. The summed E-state index contributed by atoms with van der Waals surface area (Å²) >= 11 is 1.25. The first-order valence-electron chi connectivity index (χ1n) is 8.16. The topological polar surface area (TPSA) is 80.3 Å². The summed E-state index contributed by atoms with van der Waals surface area (Å²) in [5, 5.41) is 0. The van der Waals surface area contributed by atoms with Crippen LogP contribution in [0.3, 0.4) is 0 Å². The molecule has 0 fully saturated rings. The Morgan fingerprint density at radius 3 is 2.33 bits per heavy atom. The highest BCUT2D eigenvalue weighted by Crippen LogP contribution is 2.21. The second-order valence-electron chi connectivity index (χ2n) is 5.87. The highest BCUT2D eigenvalue weighted by Gasteiger charge is 2.17. The number of thiophene rings is 1. The van der Waals surface area contributed by atoms with Crippen LogP contribution in [-0.2, 0) is 16.6 Å². The molecule has 0 saturated carbocycles. The Kier molecular flexibility index (Phi) is 5.65. The van der Waals surface area contributed by atoms with Gasteiger partial charge in [-0.15, -0.1) is 11.3 Å². The number of carbonyl (C=O) groups is 2. The molecule has 0 amide bonds. The Hall–Kier alpha value is -2.61. The van der Waals surface area contributed by atoms with E-state index in [1.807, 2.05) is 6.07 Å². The molecule has 0 radical (unpaired) electrons. The molecule has 5 nitrogen and oxygen atoms in total. The minimum Gasteiger partial charge on any atom is -0.295 e. The second kappa shape index (κ2) is 7.96. The molecule has 3 aromatic rings. The van der Waals surface area contributed by atoms with Crippen molar-refractivity contribution in [2.75, 3.05) is 0 Å². The second-order valence-corrected chi connectivity index (χ2v) is 8.80. The zero-order valence-corrected chi connectivity index (χ0v) is 16.1. The van der Waals surface area contributed by atoms with E-state index in [9.17, 15) is 18.0 Å². The summed E-state index contributed by atoms with van der Waals surface area (Å²) < 4.78 is 27.4. The lowest BCUT2D eigenvalue weighted by atomic mass is 10.1. The van der Waals surface area contributed by atoms with Crippen molar-refractivity contribution in [1.82, 2.24) is 4.72 Å². The van der Waals surface area contributed by atoms with Crippen molar-refractivity contribution < 1.29 is 18.0 Å². The highest BCUT2D eigenvalue weighted by atomic mass is 32.2. The zero-order valence-electron chi connectivity index (χ0n) is 14.5. The lowest BCUT2D eigenvalue weighted by Crippen LogP contribution is -2.23. The van der Waals surface area contributed by atoms with Gasteiger partial charge in [0.05, 0.1) is 9.77 Å². The fourth-order valence-corrected chi connectivity index (χ4v) is 4.51. The molecule has 27 heavy (non-hydrogen) atoms. The lowest BCUT2D eigenvalue weighted by molar-refractivity contribution is 0.101. The molecule has 0 atom stereocenters. The van der Waals surface area contributed by atoms with E-state index in [-0.39, 0.29) is 23.0 Å². The molecule has 2 aromatic carbocycles. The summed E-state index contributed by atoms with van der Waals surface area (Å²) in [5.74, 6) is -0.293. The van der Waals surface area contributed by atoms with Crippen LogP contribution in [0.2, 0.25) is 0 Å². The average molecular weight is 399 g/mol. The molecule has 1 heterocycles. The Morgan fingerprint density at radius 1 is 0.926 bits per heavy atom. The van der Waals surface area contributed by atoms with E-state index in [0.717, 1.165) is 4.88 Å². The first-order valence-corrected chi connectivity index (χ1v) is 10.5. The number of carbonyl (C=O) groups excluding carboxylic acids is 2. The standard InChI is InChI=1S/C20H17NO4S2/c1-14(22)16-8-5-9-18(12-16)27(24,25)21-13-17-10-11-19(26-17)20(23)15-6-3-2-4-7-15/h2-12,21H,13H2,1H3. The molecule has 0 aliphatic heterocycles. The minimum atomic E-state index is -3.76. The van der Waals surface area contributed by atoms with Crippen LogP contribution >= 0.6 is 11.3 Å². The average Bonchev–Trinajstić information content (AvgIpc) is 3.16. The van der Waals surface area contributed by atoms with Crippen LogP contribution in [0.4, 0.5) is 0 Å². The van der Waals surface area contributed by atoms with Crippen molar-refractivity contribution in [1.29, 1.82) is 0 Å². The third kappa shape index (κ3) is 4.57. The highest BCUT2D eigenvalue weighted by molar-refractivity contribution is 7.89. The largest absolute Gasteiger partial charge is 0.295 e. The lowest BCUT2D eigenvalue weighted by Gasteiger charge is -2.06. The number of benzene rings is 2. The fraction of sp³-hybridized carbons (Fsp3) is 0.100. The Balaban J connectivity index is 1.72. The number of rotatable bonds is 7. The molecule has 0 aliphatic rings. The van der Waals surface area contributed by atoms with Gasteiger partial charge in [0.15, 0.2) is 5.78 Å². The number of ketones is 2. The molecule has 0 unspecified atom stereocenters. The van der Waals surface area contributed by atoms with Gasteiger partial charge in [-0.2, -0.15) is 0 Å². The summed E-state index contributed by atoms with van der Waals surface area (Å²) in [7, 11) is -3.76. The summed E-state index contributed by atoms with van der Waals surface area (Å²) in [6, 6.07) is 18.2. The molecule has 0 bridgehead atoms. The SMILES string of the molecule is CC(=O)c1cccc(S(=O)(=O)NCc2ccc(C(=O)c3ccccc3)s2)c1. The van der Waals surface area contributed by atoms with E-state index >= 15 is 0 Å². The van der Waals surface area contributed by atoms with Crippen molar-refractivity contribution in [2.24, 2.45) is 0 Å². The van der Waals surface area contributed by atoms with Gasteiger partial charge >= 0.3 is 0 Å². The fourth-order valence-electron chi connectivity index (χ4n) is 2.46. The van der Waals surface area contributed by atoms with Crippen molar-refractivity contribution >= 4 is 32.9 Å². The number of Topliss-reactive ketones (excluding diaryl/α,β-unsaturated/α-hetero) is 1. The van der Waals surface area contributed by atoms with Crippen molar-refractivity contribution in [3.63, 3.8) is 0 Å². The predicted molar refractivity (Wildman–Crippen MR) is 105 cm³/mol. The molecular weight excluding hydrogens is 382 g/mol. The molecule has 0 aliphatic carbocycles. The zero-order chi connectivity index (χ0) is 19.4. The van der Waals surface area contributed by atoms with E-state index in [1.165, 1.54) is 36.5 Å². The summed E-state index contributed by atoms with van der Waals surface area (Å²) in [6.07, 6.45) is 0. The smallest absolute Gasteiger partial charge is 0.240 e. The van der Waals surface area contributed by atoms with Gasteiger partial charge in [-0.05, 0) is 31.2 Å². The first kappa shape index (κ1) is 19.2. The van der Waals surface area contributed by atoms with Gasteiger partial charge in [-0.1, -0.05) is 42.5 Å². The van der Waals surface area contributed by atoms with Crippen LogP contribution in [0.15, 0.2) is 71.6 Å². The van der Waals surface area contributed by atoms with Crippen LogP contribution in [0.1, 0.15) is 37.4 Å². The van der Waals surface area contributed by atoms with Crippen LogP contribution in [0.5, 0.6) is 0 Å². The molecule has 0 spiro atoms. The van der Waals surface area contributed by atoms with Gasteiger partial charge in [0.25, 0.3) is 0 Å². The number of sulfonamides is 1. The Labute approximate surface area is 161 Å². The van der Waals surface area contributed by atoms with Gasteiger partial charge in [-0.3, -0.25) is 9.59 Å². The van der Waals surface area contributed by atoms with Gasteiger partial charge in [-0.25, -0.2) is 13.1 Å². The summed E-state index contributed by atoms with van der Waals surface area (Å²) in [6.45, 7) is 1.45. The Morgan fingerprint density at radius 2 is 1.63 bits per heavy atom. The van der Waals surface area contributed by atoms with Crippen LogP contribution < -0.4 is 4.72 Å². The van der Waals surface area contributed by atoms with Gasteiger partial charge in [0.1, 0.15) is 0 Å². The van der Waals surface area contributed by atoms with E-state index in [0.29, 0.717) is 16.0 Å². The molecule has 1 N–H and O–H groups in total. The number of nitrogens with one attached hydrogen (secondary N) is 1. The number of hydrogen-bond acceptors (Lipinski definition) is 5. The molecule has 138 valence electrons. The van der Waals surface area contributed by atoms with Crippen LogP contribution in [0, 0.1) is 0 Å². The maximum atomic E-state index is 12.5. The molecule has 1 aromatic heterocycles. The predicted octanol–water partition coefficient (Wildman–Crippen LogP) is 3.66. The van der Waals surface area contributed by atoms with E-state index in [1.54, 1.807) is 42.5 Å². The molecular formula is C20H17NO4S2. The van der Waals surface area contributed by atoms with Crippen LogP contribution in [0.25, 0.3) is 0 Å². The first-order chi connectivity index (χ1) is 12.9. The maximum Gasteiger partial charge on any atom is 0.240 e. The van der Waals surface area contributed by atoms with E-state index in [4.69, 9.17) is 0 Å². The summed E-state index contributed by atoms with van der Waals surface area (Å²) in [4.78, 5) is 25.2. The van der Waals surface area contributed by atoms with Gasteiger partial charge < -0.3 is 0 Å². The monoisotopic (exact) mass is 399 g/mol. The van der Waals surface area contributed by atoms with Crippen molar-refractivity contribution in [3.8, 4) is 0 Å². The minimum absolute atomic E-state index is 0.0346. The summed E-state index contributed by atoms with van der Waals surface area (Å²) in [5.41, 5.74) is 0.928. The van der Waals surface area contributed by atoms with Gasteiger partial charge in [0, 0.05) is 22.5 Å². The molecule has 3 rings (SSSR count). The number of hydrogen-bond donors (Lipinski definition) is 1. The van der Waals surface area contributed by atoms with Crippen molar-refractivity contribution in [3.05, 3.63) is 87.6 Å². The Bertz CT molecular complexity index is 1090. The van der Waals surface area contributed by atoms with Crippen LogP contribution in [-0.4, -0.2) is 20.0 Å².